The van der Waals surface area contributed by atoms with Gasteiger partial charge in [-0.1, -0.05) is 42.5 Å². The van der Waals surface area contributed by atoms with Gasteiger partial charge in [-0.05, 0) is 16.3 Å². The summed E-state index contributed by atoms with van der Waals surface area (Å²) in [6.07, 6.45) is -3.10. The molecular weight excluding hydrogens is 210 g/mol. The molecule has 0 amide bonds. The summed E-state index contributed by atoms with van der Waals surface area (Å²) < 4.78 is 24.3. The van der Waals surface area contributed by atoms with Gasteiger partial charge in [-0.3, -0.25) is 4.79 Å². The molecule has 0 spiro atoms. The van der Waals surface area contributed by atoms with Crippen molar-refractivity contribution in [3.63, 3.8) is 0 Å². The summed E-state index contributed by atoms with van der Waals surface area (Å²) in [5, 5.41) is 1.82. The van der Waals surface area contributed by atoms with E-state index < -0.39 is 12.2 Å². The minimum Gasteiger partial charge on any atom is -0.293 e. The van der Waals surface area contributed by atoms with Crippen LogP contribution in [0.2, 0.25) is 0 Å². The lowest BCUT2D eigenvalue weighted by Gasteiger charge is -2.05. The Morgan fingerprint density at radius 1 is 1.06 bits per heavy atom. The second-order valence-corrected chi connectivity index (χ2v) is 3.58. The summed E-state index contributed by atoms with van der Waals surface area (Å²) in [4.78, 5) is 11.0. The molecule has 2 aromatic carbocycles. The van der Waals surface area contributed by atoms with Crippen LogP contribution in [-0.2, 0) is 11.2 Å². The maximum atomic E-state index is 12.2. The molecule has 0 N–H and O–H groups in total. The summed E-state index contributed by atoms with van der Waals surface area (Å²) in [5.41, 5.74) is 0.656. The molecule has 0 aliphatic rings. The first-order valence-corrected chi connectivity index (χ1v) is 4.96. The van der Waals surface area contributed by atoms with Gasteiger partial charge in [0.1, 0.15) is 0 Å². The van der Waals surface area contributed by atoms with Crippen LogP contribution >= 0.6 is 0 Å². The number of fused-ring (bicyclic) bond motifs is 1. The third kappa shape index (κ3) is 2.08. The second kappa shape index (κ2) is 4.39. The lowest BCUT2D eigenvalue weighted by Crippen LogP contribution is -2.12. The van der Waals surface area contributed by atoms with Gasteiger partial charge in [-0.15, -0.1) is 0 Å². The maximum Gasteiger partial charge on any atom is 0.296 e. The SMILES string of the molecule is O=C(Cc1cccc2ccccc12)C(F)F. The van der Waals surface area contributed by atoms with Crippen LogP contribution in [0, 0.1) is 0 Å². The third-order valence-corrected chi connectivity index (χ3v) is 2.49. The Balaban J connectivity index is 2.41. The van der Waals surface area contributed by atoms with Gasteiger partial charge in [-0.25, -0.2) is 8.78 Å². The summed E-state index contributed by atoms with van der Waals surface area (Å²) in [6, 6.07) is 12.8. The van der Waals surface area contributed by atoms with Gasteiger partial charge in [-0.2, -0.15) is 0 Å². The van der Waals surface area contributed by atoms with E-state index in [1.165, 1.54) is 0 Å². The number of rotatable bonds is 3. The monoisotopic (exact) mass is 220 g/mol. The molecule has 0 unspecified atom stereocenters. The van der Waals surface area contributed by atoms with Crippen molar-refractivity contribution in [3.8, 4) is 0 Å². The molecule has 0 radical (unpaired) electrons. The van der Waals surface area contributed by atoms with Crippen molar-refractivity contribution in [2.24, 2.45) is 0 Å². The van der Waals surface area contributed by atoms with Crippen molar-refractivity contribution >= 4 is 16.6 Å². The number of benzene rings is 2. The largest absolute Gasteiger partial charge is 0.296 e. The summed E-state index contributed by atoms with van der Waals surface area (Å²) >= 11 is 0. The molecule has 0 aliphatic carbocycles. The van der Waals surface area contributed by atoms with E-state index in [-0.39, 0.29) is 6.42 Å². The average Bonchev–Trinajstić information content (AvgIpc) is 2.29. The van der Waals surface area contributed by atoms with Gasteiger partial charge in [0.15, 0.2) is 0 Å². The van der Waals surface area contributed by atoms with Crippen molar-refractivity contribution in [2.75, 3.05) is 0 Å². The molecule has 0 atom stereocenters. The second-order valence-electron chi connectivity index (χ2n) is 3.58. The Kier molecular flexibility index (Phi) is 2.95. The number of halogens is 2. The van der Waals surface area contributed by atoms with Gasteiger partial charge in [0.2, 0.25) is 5.78 Å². The van der Waals surface area contributed by atoms with Gasteiger partial charge in [0, 0.05) is 6.42 Å². The average molecular weight is 220 g/mol. The zero-order chi connectivity index (χ0) is 11.5. The highest BCUT2D eigenvalue weighted by molar-refractivity contribution is 5.91. The molecule has 82 valence electrons. The first kappa shape index (κ1) is 10.7. The number of Topliss-reactive ketones (excluding diaryl/α,β-unsaturated/α-hetero) is 1. The van der Waals surface area contributed by atoms with Crippen molar-refractivity contribution in [1.82, 2.24) is 0 Å². The van der Waals surface area contributed by atoms with Gasteiger partial charge in [0.05, 0.1) is 0 Å². The van der Waals surface area contributed by atoms with E-state index >= 15 is 0 Å². The molecule has 0 fully saturated rings. The molecule has 0 aliphatic heterocycles. The van der Waals surface area contributed by atoms with Crippen LogP contribution in [0.3, 0.4) is 0 Å². The minimum atomic E-state index is -2.89. The van der Waals surface area contributed by atoms with Gasteiger partial charge >= 0.3 is 0 Å². The first-order chi connectivity index (χ1) is 7.68. The van der Waals surface area contributed by atoms with E-state index in [4.69, 9.17) is 0 Å². The highest BCUT2D eigenvalue weighted by atomic mass is 19.3. The zero-order valence-corrected chi connectivity index (χ0v) is 8.49. The topological polar surface area (TPSA) is 17.1 Å². The molecule has 0 bridgehead atoms. The van der Waals surface area contributed by atoms with Crippen LogP contribution in [0.4, 0.5) is 8.78 Å². The van der Waals surface area contributed by atoms with Crippen molar-refractivity contribution in [1.29, 1.82) is 0 Å². The lowest BCUT2D eigenvalue weighted by atomic mass is 10.0. The fourth-order valence-corrected chi connectivity index (χ4v) is 1.71. The number of carbonyl (C=O) groups excluding carboxylic acids is 1. The highest BCUT2D eigenvalue weighted by Crippen LogP contribution is 2.19. The Hall–Kier alpha value is -1.77. The third-order valence-electron chi connectivity index (χ3n) is 2.49. The van der Waals surface area contributed by atoms with E-state index in [1.807, 2.05) is 30.3 Å². The standard InChI is InChI=1S/C13H10F2O/c14-13(15)12(16)8-10-6-3-5-9-4-1-2-7-11(9)10/h1-7,13H,8H2. The van der Waals surface area contributed by atoms with Crippen molar-refractivity contribution < 1.29 is 13.6 Å². The fraction of sp³-hybridized carbons (Fsp3) is 0.154. The minimum absolute atomic E-state index is 0.209. The number of carbonyl (C=O) groups is 1. The number of ketones is 1. The fourth-order valence-electron chi connectivity index (χ4n) is 1.71. The summed E-state index contributed by atoms with van der Waals surface area (Å²) in [7, 11) is 0. The van der Waals surface area contributed by atoms with E-state index in [9.17, 15) is 13.6 Å². The molecule has 3 heteroatoms. The Bertz CT molecular complexity index is 515. The number of alkyl halides is 2. The van der Waals surface area contributed by atoms with E-state index in [1.54, 1.807) is 12.1 Å². The maximum absolute atomic E-state index is 12.2. The zero-order valence-electron chi connectivity index (χ0n) is 8.49. The molecule has 0 aromatic heterocycles. The van der Waals surface area contributed by atoms with Crippen LogP contribution in [0.5, 0.6) is 0 Å². The molecule has 0 saturated carbocycles. The first-order valence-electron chi connectivity index (χ1n) is 4.96. The van der Waals surface area contributed by atoms with Crippen LogP contribution in [-0.4, -0.2) is 12.2 Å². The van der Waals surface area contributed by atoms with Crippen LogP contribution in [0.25, 0.3) is 10.8 Å². The summed E-state index contributed by atoms with van der Waals surface area (Å²) in [6.45, 7) is 0. The van der Waals surface area contributed by atoms with E-state index in [0.29, 0.717) is 5.56 Å². The van der Waals surface area contributed by atoms with Crippen LogP contribution in [0.1, 0.15) is 5.56 Å². The Morgan fingerprint density at radius 2 is 1.75 bits per heavy atom. The van der Waals surface area contributed by atoms with Crippen molar-refractivity contribution in [3.05, 3.63) is 48.0 Å². The Morgan fingerprint density at radius 3 is 2.50 bits per heavy atom. The molecule has 1 nitrogen and oxygen atoms in total. The molecule has 0 saturated heterocycles. The van der Waals surface area contributed by atoms with E-state index in [2.05, 4.69) is 0 Å². The lowest BCUT2D eigenvalue weighted by molar-refractivity contribution is -0.128. The molecule has 0 heterocycles. The molecular formula is C13H10F2O. The van der Waals surface area contributed by atoms with Crippen molar-refractivity contribution in [2.45, 2.75) is 12.8 Å². The molecule has 16 heavy (non-hydrogen) atoms. The predicted molar refractivity (Wildman–Crippen MR) is 58.7 cm³/mol. The smallest absolute Gasteiger partial charge is 0.293 e. The normalized spacial score (nSPS) is 10.9. The van der Waals surface area contributed by atoms with Gasteiger partial charge < -0.3 is 0 Å². The summed E-state index contributed by atoms with van der Waals surface area (Å²) in [5.74, 6) is -1.03. The quantitative estimate of drug-likeness (QED) is 0.776. The molecule has 2 aromatic rings. The van der Waals surface area contributed by atoms with Crippen LogP contribution < -0.4 is 0 Å². The Labute approximate surface area is 91.7 Å². The number of hydrogen-bond donors (Lipinski definition) is 0. The highest BCUT2D eigenvalue weighted by Gasteiger charge is 2.16. The predicted octanol–water partition coefficient (Wildman–Crippen LogP) is 3.22. The molecule has 2 rings (SSSR count). The number of hydrogen-bond acceptors (Lipinski definition) is 1. The van der Waals surface area contributed by atoms with Crippen LogP contribution in [0.15, 0.2) is 42.5 Å². The van der Waals surface area contributed by atoms with E-state index in [0.717, 1.165) is 10.8 Å². The van der Waals surface area contributed by atoms with Gasteiger partial charge in [0.25, 0.3) is 6.43 Å².